The molecule has 2 aliphatic heterocycles. The summed E-state index contributed by atoms with van der Waals surface area (Å²) in [5.41, 5.74) is 4.16. The fraction of sp³-hybridized carbons (Fsp3) is 0.200. The molecule has 0 saturated carbocycles. The van der Waals surface area contributed by atoms with Gasteiger partial charge in [-0.2, -0.15) is 0 Å². The zero-order valence-electron chi connectivity index (χ0n) is 17.7. The fourth-order valence-electron chi connectivity index (χ4n) is 4.20. The van der Waals surface area contributed by atoms with Crippen molar-refractivity contribution in [1.29, 1.82) is 0 Å². The van der Waals surface area contributed by atoms with E-state index in [1.54, 1.807) is 0 Å². The lowest BCUT2D eigenvalue weighted by Crippen LogP contribution is -2.41. The first-order valence-corrected chi connectivity index (χ1v) is 10.1. The number of allylic oxidation sites excluding steroid dienone is 5. The maximum atomic E-state index is 13.6. The molecule has 0 radical (unpaired) electrons. The maximum Gasteiger partial charge on any atom is 0.283 e. The molecule has 0 spiro atoms. The van der Waals surface area contributed by atoms with Crippen molar-refractivity contribution in [1.82, 2.24) is 4.90 Å². The summed E-state index contributed by atoms with van der Waals surface area (Å²) in [6, 6.07) is 18.8. The van der Waals surface area contributed by atoms with Crippen LogP contribution in [-0.4, -0.2) is 22.8 Å². The highest BCUT2D eigenvalue weighted by atomic mass is 16.2. The van der Waals surface area contributed by atoms with Crippen LogP contribution in [0.4, 0.5) is 11.4 Å². The molecule has 1 saturated heterocycles. The van der Waals surface area contributed by atoms with Crippen LogP contribution in [0.1, 0.15) is 27.7 Å². The molecule has 2 aromatic rings. The minimum Gasteiger partial charge on any atom is -0.347 e. The summed E-state index contributed by atoms with van der Waals surface area (Å²) in [6.07, 6.45) is 3.85. The Balaban J connectivity index is 1.88. The number of hydrogen-bond donors (Lipinski definition) is 0. The molecule has 5 heteroatoms. The average Bonchev–Trinajstić information content (AvgIpc) is 2.98. The molecule has 0 aliphatic carbocycles. The average molecular weight is 399 g/mol. The predicted octanol–water partition coefficient (Wildman–Crippen LogP) is 4.81. The molecule has 2 aliphatic rings. The second-order valence-corrected chi connectivity index (χ2v) is 7.77. The molecule has 0 aromatic heterocycles. The van der Waals surface area contributed by atoms with E-state index in [0.29, 0.717) is 23.0 Å². The highest BCUT2D eigenvalue weighted by Crippen LogP contribution is 2.35. The second-order valence-electron chi connectivity index (χ2n) is 7.77. The molecular weight excluding hydrogens is 374 g/mol. The normalized spacial score (nSPS) is 17.2. The Kier molecular flexibility index (Phi) is 5.04. The van der Waals surface area contributed by atoms with Gasteiger partial charge in [0.1, 0.15) is 5.57 Å². The summed E-state index contributed by atoms with van der Waals surface area (Å²) in [6.45, 7) is 8.25. The summed E-state index contributed by atoms with van der Waals surface area (Å²) >= 11 is 0. The van der Waals surface area contributed by atoms with Crippen molar-refractivity contribution >= 4 is 23.2 Å². The lowest BCUT2D eigenvalue weighted by atomic mass is 10.0. The van der Waals surface area contributed by atoms with Crippen molar-refractivity contribution < 1.29 is 9.59 Å². The number of amides is 2. The van der Waals surface area contributed by atoms with Gasteiger partial charge in [0.15, 0.2) is 0 Å². The van der Waals surface area contributed by atoms with Gasteiger partial charge in [-0.25, -0.2) is 10.0 Å². The van der Waals surface area contributed by atoms with Gasteiger partial charge in [0.05, 0.1) is 11.4 Å². The van der Waals surface area contributed by atoms with Gasteiger partial charge >= 0.3 is 0 Å². The van der Waals surface area contributed by atoms with Gasteiger partial charge in [-0.15, -0.1) is 0 Å². The van der Waals surface area contributed by atoms with E-state index < -0.39 is 0 Å². The van der Waals surface area contributed by atoms with Crippen LogP contribution in [0.3, 0.4) is 0 Å². The Bertz CT molecular complexity index is 1000. The molecule has 0 atom stereocenters. The number of para-hydroxylation sites is 2. The number of hydrogen-bond acceptors (Lipinski definition) is 3. The van der Waals surface area contributed by atoms with Crippen LogP contribution in [0.2, 0.25) is 0 Å². The minimum absolute atomic E-state index is 0.185. The number of carbonyl (C=O) groups is 2. The Morgan fingerprint density at radius 3 is 1.43 bits per heavy atom. The first kappa shape index (κ1) is 19.7. The lowest BCUT2D eigenvalue weighted by molar-refractivity contribution is -0.116. The molecule has 2 amide bonds. The van der Waals surface area contributed by atoms with E-state index in [0.717, 1.165) is 11.4 Å². The van der Waals surface area contributed by atoms with Crippen molar-refractivity contribution in [3.8, 4) is 0 Å². The third-order valence-corrected chi connectivity index (χ3v) is 5.31. The molecule has 4 rings (SSSR count). The molecule has 30 heavy (non-hydrogen) atoms. The van der Waals surface area contributed by atoms with E-state index in [4.69, 9.17) is 0 Å². The van der Waals surface area contributed by atoms with Crippen molar-refractivity contribution in [2.45, 2.75) is 33.7 Å². The molecule has 0 bridgehead atoms. The van der Waals surface area contributed by atoms with E-state index in [2.05, 4.69) is 18.7 Å². The number of carbonyl (C=O) groups excluding carboxylic acids is 2. The lowest BCUT2D eigenvalue weighted by Gasteiger charge is -2.33. The number of anilines is 2. The largest absolute Gasteiger partial charge is 0.347 e. The Hall–Kier alpha value is -3.60. The van der Waals surface area contributed by atoms with E-state index in [1.165, 1.54) is 10.0 Å². The standard InChI is InChI=1S/C25H25N3O2/c1-17(2)26-18(3)15-20(16-19(26)4)23-24(29)27(21-11-7-5-8-12-21)28(25(23)30)22-13-9-6-10-14-22/h5-17H,1-4H3. The summed E-state index contributed by atoms with van der Waals surface area (Å²) in [5.74, 6) is -0.646. The van der Waals surface area contributed by atoms with Gasteiger partial charge in [0, 0.05) is 17.4 Å². The van der Waals surface area contributed by atoms with E-state index in [-0.39, 0.29) is 17.4 Å². The monoisotopic (exact) mass is 399 g/mol. The topological polar surface area (TPSA) is 43.9 Å². The summed E-state index contributed by atoms with van der Waals surface area (Å²) in [7, 11) is 0. The van der Waals surface area contributed by atoms with E-state index >= 15 is 0 Å². The second kappa shape index (κ2) is 7.67. The van der Waals surface area contributed by atoms with Crippen LogP contribution in [0.25, 0.3) is 0 Å². The van der Waals surface area contributed by atoms with Gasteiger partial charge < -0.3 is 4.90 Å². The number of benzene rings is 2. The van der Waals surface area contributed by atoms with Crippen LogP contribution in [-0.2, 0) is 9.59 Å². The number of rotatable bonds is 3. The zero-order chi connectivity index (χ0) is 21.4. The maximum absolute atomic E-state index is 13.6. The van der Waals surface area contributed by atoms with Gasteiger partial charge in [0.2, 0.25) is 0 Å². The molecule has 2 aromatic carbocycles. The minimum atomic E-state index is -0.323. The van der Waals surface area contributed by atoms with E-state index in [9.17, 15) is 9.59 Å². The summed E-state index contributed by atoms with van der Waals surface area (Å²) in [5, 5.41) is 2.92. The quantitative estimate of drug-likeness (QED) is 0.550. The van der Waals surface area contributed by atoms with Crippen molar-refractivity contribution in [3.63, 3.8) is 0 Å². The third kappa shape index (κ3) is 3.22. The molecule has 152 valence electrons. The fourth-order valence-corrected chi connectivity index (χ4v) is 4.20. The van der Waals surface area contributed by atoms with Crippen molar-refractivity contribution in [2.75, 3.05) is 10.0 Å². The Morgan fingerprint density at radius 2 is 1.07 bits per heavy atom. The molecule has 2 heterocycles. The Morgan fingerprint density at radius 1 is 0.667 bits per heavy atom. The predicted molar refractivity (Wildman–Crippen MR) is 119 cm³/mol. The summed E-state index contributed by atoms with van der Waals surface area (Å²) < 4.78 is 0. The van der Waals surface area contributed by atoms with Crippen molar-refractivity contribution in [3.05, 3.63) is 95.4 Å². The zero-order valence-corrected chi connectivity index (χ0v) is 17.7. The third-order valence-electron chi connectivity index (χ3n) is 5.31. The summed E-state index contributed by atoms with van der Waals surface area (Å²) in [4.78, 5) is 29.3. The molecule has 0 N–H and O–H groups in total. The van der Waals surface area contributed by atoms with Gasteiger partial charge in [-0.1, -0.05) is 36.4 Å². The number of nitrogens with zero attached hydrogens (tertiary/aromatic N) is 3. The SMILES string of the molecule is CC1=CC(=C2C(=O)N(c3ccccc3)N(c3ccccc3)C2=O)C=C(C)N1C(C)C. The van der Waals surface area contributed by atoms with Gasteiger partial charge in [0.25, 0.3) is 11.8 Å². The molecule has 0 unspecified atom stereocenters. The highest BCUT2D eigenvalue weighted by molar-refractivity contribution is 6.36. The van der Waals surface area contributed by atoms with Crippen molar-refractivity contribution in [2.24, 2.45) is 0 Å². The van der Waals surface area contributed by atoms with Crippen LogP contribution in [0.5, 0.6) is 0 Å². The van der Waals surface area contributed by atoms with Gasteiger partial charge in [-0.3, -0.25) is 9.59 Å². The van der Waals surface area contributed by atoms with Crippen LogP contribution in [0.15, 0.2) is 95.4 Å². The number of hydrazine groups is 1. The molecule has 1 fully saturated rings. The highest BCUT2D eigenvalue weighted by Gasteiger charge is 2.44. The van der Waals surface area contributed by atoms with Gasteiger partial charge in [-0.05, 0) is 69.7 Å². The molecular formula is C25H25N3O2. The van der Waals surface area contributed by atoms with Crippen LogP contribution >= 0.6 is 0 Å². The van der Waals surface area contributed by atoms with Crippen LogP contribution < -0.4 is 10.0 Å². The first-order valence-electron chi connectivity index (χ1n) is 10.1. The Labute approximate surface area is 177 Å². The van der Waals surface area contributed by atoms with Crippen LogP contribution in [0, 0.1) is 0 Å². The first-order chi connectivity index (χ1) is 14.4. The molecule has 5 nitrogen and oxygen atoms in total. The smallest absolute Gasteiger partial charge is 0.283 e. The van der Waals surface area contributed by atoms with E-state index in [1.807, 2.05) is 86.7 Å².